The molecule has 0 aromatic carbocycles. The standard InChI is InChI=1S/C14H26N2O/c1-10-6-7-12(8-13(10)15)14(17)16-9-11-4-2-3-5-11/h10-13H,2-9,15H2,1H3,(H,16,17). The zero-order valence-corrected chi connectivity index (χ0v) is 11.0. The van der Waals surface area contributed by atoms with Gasteiger partial charge in [0.25, 0.3) is 0 Å². The molecule has 3 nitrogen and oxygen atoms in total. The van der Waals surface area contributed by atoms with Crippen LogP contribution < -0.4 is 11.1 Å². The van der Waals surface area contributed by atoms with Gasteiger partial charge in [-0.25, -0.2) is 0 Å². The van der Waals surface area contributed by atoms with Gasteiger partial charge in [-0.1, -0.05) is 19.8 Å². The van der Waals surface area contributed by atoms with E-state index in [-0.39, 0.29) is 17.9 Å². The van der Waals surface area contributed by atoms with Gasteiger partial charge in [-0.2, -0.15) is 0 Å². The molecule has 2 saturated carbocycles. The quantitative estimate of drug-likeness (QED) is 0.790. The highest BCUT2D eigenvalue weighted by Gasteiger charge is 2.29. The molecule has 0 aromatic rings. The maximum atomic E-state index is 12.0. The van der Waals surface area contributed by atoms with Gasteiger partial charge in [0.2, 0.25) is 5.91 Å². The summed E-state index contributed by atoms with van der Waals surface area (Å²) < 4.78 is 0. The zero-order valence-electron chi connectivity index (χ0n) is 11.0. The second-order valence-corrected chi connectivity index (χ2v) is 6.05. The van der Waals surface area contributed by atoms with Crippen LogP contribution in [0.4, 0.5) is 0 Å². The number of hydrogen-bond acceptors (Lipinski definition) is 2. The fraction of sp³-hybridized carbons (Fsp3) is 0.929. The van der Waals surface area contributed by atoms with Crippen molar-refractivity contribution in [2.45, 2.75) is 57.9 Å². The molecule has 0 radical (unpaired) electrons. The Kier molecular flexibility index (Phi) is 4.43. The minimum atomic E-state index is 0.169. The van der Waals surface area contributed by atoms with Crippen LogP contribution in [-0.2, 0) is 4.79 Å². The van der Waals surface area contributed by atoms with E-state index in [1.807, 2.05) is 0 Å². The number of nitrogens with one attached hydrogen (secondary N) is 1. The van der Waals surface area contributed by atoms with Gasteiger partial charge in [-0.3, -0.25) is 4.79 Å². The molecule has 3 atom stereocenters. The highest BCUT2D eigenvalue weighted by molar-refractivity contribution is 5.78. The Morgan fingerprint density at radius 1 is 1.24 bits per heavy atom. The molecule has 17 heavy (non-hydrogen) atoms. The molecule has 0 spiro atoms. The highest BCUT2D eigenvalue weighted by Crippen LogP contribution is 2.28. The molecule has 0 aliphatic heterocycles. The molecule has 3 N–H and O–H groups in total. The lowest BCUT2D eigenvalue weighted by Crippen LogP contribution is -2.42. The molecule has 0 bridgehead atoms. The lowest BCUT2D eigenvalue weighted by atomic mass is 9.79. The zero-order chi connectivity index (χ0) is 12.3. The average molecular weight is 238 g/mol. The fourth-order valence-electron chi connectivity index (χ4n) is 3.20. The van der Waals surface area contributed by atoms with E-state index < -0.39 is 0 Å². The normalized spacial score (nSPS) is 34.8. The van der Waals surface area contributed by atoms with Crippen molar-refractivity contribution in [1.82, 2.24) is 5.32 Å². The van der Waals surface area contributed by atoms with Crippen LogP contribution in [0.15, 0.2) is 0 Å². The van der Waals surface area contributed by atoms with Gasteiger partial charge in [0, 0.05) is 18.5 Å². The molecule has 2 aliphatic carbocycles. The van der Waals surface area contributed by atoms with Crippen molar-refractivity contribution in [3.8, 4) is 0 Å². The highest BCUT2D eigenvalue weighted by atomic mass is 16.1. The van der Waals surface area contributed by atoms with Crippen molar-refractivity contribution in [3.05, 3.63) is 0 Å². The molecule has 2 rings (SSSR count). The first-order chi connectivity index (χ1) is 8.16. The Hall–Kier alpha value is -0.570. The van der Waals surface area contributed by atoms with Gasteiger partial charge in [0.05, 0.1) is 0 Å². The summed E-state index contributed by atoms with van der Waals surface area (Å²) in [5.74, 6) is 1.73. The van der Waals surface area contributed by atoms with Gasteiger partial charge in [0.15, 0.2) is 0 Å². The number of hydrogen-bond donors (Lipinski definition) is 2. The van der Waals surface area contributed by atoms with Crippen LogP contribution in [0.2, 0.25) is 0 Å². The van der Waals surface area contributed by atoms with Crippen molar-refractivity contribution in [3.63, 3.8) is 0 Å². The first-order valence-corrected chi connectivity index (χ1v) is 7.20. The predicted octanol–water partition coefficient (Wildman–Crippen LogP) is 2.06. The number of amides is 1. The summed E-state index contributed by atoms with van der Waals surface area (Å²) in [6.45, 7) is 3.08. The second-order valence-electron chi connectivity index (χ2n) is 6.05. The van der Waals surface area contributed by atoms with Gasteiger partial charge in [-0.15, -0.1) is 0 Å². The van der Waals surface area contributed by atoms with E-state index in [0.29, 0.717) is 5.92 Å². The van der Waals surface area contributed by atoms with Crippen molar-refractivity contribution >= 4 is 5.91 Å². The number of rotatable bonds is 3. The largest absolute Gasteiger partial charge is 0.356 e. The SMILES string of the molecule is CC1CCC(C(=O)NCC2CCCC2)CC1N. The van der Waals surface area contributed by atoms with Gasteiger partial charge < -0.3 is 11.1 Å². The van der Waals surface area contributed by atoms with Gasteiger partial charge in [0.1, 0.15) is 0 Å². The predicted molar refractivity (Wildman–Crippen MR) is 69.4 cm³/mol. The summed E-state index contributed by atoms with van der Waals surface area (Å²) in [6.07, 6.45) is 8.26. The van der Waals surface area contributed by atoms with Crippen LogP contribution in [0.25, 0.3) is 0 Å². The summed E-state index contributed by atoms with van der Waals surface area (Å²) >= 11 is 0. The first-order valence-electron chi connectivity index (χ1n) is 7.20. The lowest BCUT2D eigenvalue weighted by Gasteiger charge is -2.31. The average Bonchev–Trinajstić information content (AvgIpc) is 2.82. The third-order valence-corrected chi connectivity index (χ3v) is 4.67. The van der Waals surface area contributed by atoms with Crippen molar-refractivity contribution in [2.24, 2.45) is 23.5 Å². The van der Waals surface area contributed by atoms with E-state index in [1.54, 1.807) is 0 Å². The van der Waals surface area contributed by atoms with Crippen molar-refractivity contribution in [1.29, 1.82) is 0 Å². The van der Waals surface area contributed by atoms with Crippen LogP contribution in [0.1, 0.15) is 51.9 Å². The van der Waals surface area contributed by atoms with E-state index >= 15 is 0 Å². The Morgan fingerprint density at radius 2 is 1.94 bits per heavy atom. The monoisotopic (exact) mass is 238 g/mol. The van der Waals surface area contributed by atoms with E-state index in [0.717, 1.165) is 31.7 Å². The Balaban J connectivity index is 1.72. The van der Waals surface area contributed by atoms with Crippen LogP contribution in [0, 0.1) is 17.8 Å². The van der Waals surface area contributed by atoms with Gasteiger partial charge >= 0.3 is 0 Å². The van der Waals surface area contributed by atoms with E-state index in [9.17, 15) is 4.79 Å². The van der Waals surface area contributed by atoms with Crippen LogP contribution in [-0.4, -0.2) is 18.5 Å². The van der Waals surface area contributed by atoms with Crippen LogP contribution in [0.3, 0.4) is 0 Å². The van der Waals surface area contributed by atoms with Gasteiger partial charge in [-0.05, 0) is 43.9 Å². The lowest BCUT2D eigenvalue weighted by molar-refractivity contribution is -0.126. The maximum absolute atomic E-state index is 12.0. The summed E-state index contributed by atoms with van der Waals surface area (Å²) in [4.78, 5) is 12.0. The molecular formula is C14H26N2O. The van der Waals surface area contributed by atoms with Crippen molar-refractivity contribution < 1.29 is 4.79 Å². The van der Waals surface area contributed by atoms with E-state index in [4.69, 9.17) is 5.73 Å². The third-order valence-electron chi connectivity index (χ3n) is 4.67. The first kappa shape index (κ1) is 12.9. The molecule has 3 unspecified atom stereocenters. The second kappa shape index (κ2) is 5.85. The minimum absolute atomic E-state index is 0.169. The molecule has 98 valence electrons. The Labute approximate surface area is 105 Å². The number of carbonyl (C=O) groups excluding carboxylic acids is 1. The molecule has 1 amide bonds. The molecule has 0 aromatic heterocycles. The smallest absolute Gasteiger partial charge is 0.223 e. The molecule has 2 fully saturated rings. The Bertz CT molecular complexity index is 261. The van der Waals surface area contributed by atoms with E-state index in [2.05, 4.69) is 12.2 Å². The molecule has 3 heteroatoms. The third kappa shape index (κ3) is 3.44. The molecular weight excluding hydrogens is 212 g/mol. The number of nitrogens with two attached hydrogens (primary N) is 1. The van der Waals surface area contributed by atoms with Crippen molar-refractivity contribution in [2.75, 3.05) is 6.54 Å². The summed E-state index contributed by atoms with van der Waals surface area (Å²) in [5.41, 5.74) is 6.04. The topological polar surface area (TPSA) is 55.1 Å². The maximum Gasteiger partial charge on any atom is 0.223 e. The summed E-state index contributed by atoms with van der Waals surface area (Å²) in [5, 5.41) is 3.14. The number of carbonyl (C=O) groups is 1. The summed E-state index contributed by atoms with van der Waals surface area (Å²) in [7, 11) is 0. The molecule has 0 saturated heterocycles. The molecule has 2 aliphatic rings. The fourth-order valence-corrected chi connectivity index (χ4v) is 3.20. The summed E-state index contributed by atoms with van der Waals surface area (Å²) in [6, 6.07) is 0.214. The van der Waals surface area contributed by atoms with Crippen LogP contribution >= 0.6 is 0 Å². The Morgan fingerprint density at radius 3 is 2.59 bits per heavy atom. The molecule has 0 heterocycles. The van der Waals surface area contributed by atoms with E-state index in [1.165, 1.54) is 25.7 Å². The minimum Gasteiger partial charge on any atom is -0.356 e. The van der Waals surface area contributed by atoms with Crippen LogP contribution in [0.5, 0.6) is 0 Å².